The van der Waals surface area contributed by atoms with Gasteiger partial charge in [0, 0.05) is 40.7 Å². The van der Waals surface area contributed by atoms with E-state index in [9.17, 15) is 0 Å². The van der Waals surface area contributed by atoms with Crippen molar-refractivity contribution in [3.8, 4) is 22.3 Å². The Morgan fingerprint density at radius 2 is 1.19 bits per heavy atom. The zero-order valence-electron chi connectivity index (χ0n) is 30.7. The van der Waals surface area contributed by atoms with Crippen LogP contribution < -0.4 is 10.2 Å². The summed E-state index contributed by atoms with van der Waals surface area (Å²) in [5, 5.41) is 8.47. The van der Waals surface area contributed by atoms with Crippen molar-refractivity contribution >= 4 is 49.9 Å². The quantitative estimate of drug-likeness (QED) is 0.144. The molecule has 1 unspecified atom stereocenters. The summed E-state index contributed by atoms with van der Waals surface area (Å²) in [6.45, 7) is 6.06. The van der Waals surface area contributed by atoms with Crippen molar-refractivity contribution < 1.29 is 0 Å². The number of benzene rings is 7. The highest BCUT2D eigenvalue weighted by molar-refractivity contribution is 6.10. The van der Waals surface area contributed by atoms with E-state index in [1.54, 1.807) is 0 Å². The normalized spacial score (nSPS) is 13.6. The van der Waals surface area contributed by atoms with Gasteiger partial charge in [0.2, 0.25) is 0 Å². The molecule has 2 heteroatoms. The summed E-state index contributed by atoms with van der Waals surface area (Å²) in [6.07, 6.45) is 13.4. The minimum atomic E-state index is 0.310. The van der Waals surface area contributed by atoms with Crippen molar-refractivity contribution in [1.82, 2.24) is 0 Å². The van der Waals surface area contributed by atoms with E-state index in [0.717, 1.165) is 22.7 Å². The molecule has 0 fully saturated rings. The van der Waals surface area contributed by atoms with Crippen molar-refractivity contribution in [1.29, 1.82) is 0 Å². The zero-order chi connectivity index (χ0) is 36.1. The van der Waals surface area contributed by atoms with E-state index in [-0.39, 0.29) is 0 Å². The van der Waals surface area contributed by atoms with Gasteiger partial charge in [-0.15, -0.1) is 0 Å². The van der Waals surface area contributed by atoms with Gasteiger partial charge in [0.1, 0.15) is 0 Å². The molecule has 7 aromatic rings. The summed E-state index contributed by atoms with van der Waals surface area (Å²) in [5.74, 6) is 0.310. The van der Waals surface area contributed by atoms with Crippen LogP contribution in [0.5, 0.6) is 0 Å². The topological polar surface area (TPSA) is 15.3 Å². The molecule has 0 aromatic heterocycles. The second kappa shape index (κ2) is 15.2. The summed E-state index contributed by atoms with van der Waals surface area (Å²) in [6, 6.07) is 53.7. The maximum Gasteiger partial charge on any atom is 0.0497 e. The maximum atomic E-state index is 3.84. The van der Waals surface area contributed by atoms with Gasteiger partial charge in [-0.25, -0.2) is 0 Å². The van der Waals surface area contributed by atoms with Crippen molar-refractivity contribution in [2.75, 3.05) is 17.3 Å². The molecular weight excluding hydrogens is 641 g/mol. The number of hydrogen-bond acceptors (Lipinski definition) is 2. The first-order chi connectivity index (χ1) is 26.1. The smallest absolute Gasteiger partial charge is 0.0497 e. The molecule has 0 bridgehead atoms. The van der Waals surface area contributed by atoms with E-state index in [0.29, 0.717) is 5.92 Å². The standard InChI is InChI=1S/C51H46N2/c1-4-5-13-36(2)37-20-27-42(28-21-37)53(43-29-22-39(23-30-43)38-14-7-6-8-15-38)44-31-24-41(25-32-44)45-34-35-49(48-19-12-11-18-47(45)48)50-33-26-40-16-9-10-17-46(40)51(50)52-3/h4-5,9-14,16-36,52H,1,6-8,15H2,2-3H3/b13-5-. The number of rotatable bonds is 10. The number of allylic oxidation sites excluding steroid dienone is 5. The molecule has 1 aliphatic carbocycles. The van der Waals surface area contributed by atoms with Crippen LogP contribution >= 0.6 is 0 Å². The predicted octanol–water partition coefficient (Wildman–Crippen LogP) is 14.6. The molecule has 0 heterocycles. The second-order valence-electron chi connectivity index (χ2n) is 14.1. The largest absolute Gasteiger partial charge is 0.387 e. The summed E-state index contributed by atoms with van der Waals surface area (Å²) >= 11 is 0. The Labute approximate surface area is 314 Å². The fourth-order valence-electron chi connectivity index (χ4n) is 8.00. The Bertz CT molecular complexity index is 2450. The molecule has 0 amide bonds. The van der Waals surface area contributed by atoms with Crippen LogP contribution in [0.25, 0.3) is 49.4 Å². The summed E-state index contributed by atoms with van der Waals surface area (Å²) < 4.78 is 0. The van der Waals surface area contributed by atoms with Crippen LogP contribution in [-0.4, -0.2) is 7.05 Å². The molecule has 0 spiro atoms. The third-order valence-corrected chi connectivity index (χ3v) is 10.8. The number of anilines is 4. The first kappa shape index (κ1) is 34.0. The molecule has 0 saturated heterocycles. The molecule has 0 aliphatic heterocycles. The lowest BCUT2D eigenvalue weighted by molar-refractivity contribution is 0.742. The molecule has 2 nitrogen and oxygen atoms in total. The molecule has 7 aromatic carbocycles. The van der Waals surface area contributed by atoms with E-state index in [1.165, 1.54) is 86.2 Å². The van der Waals surface area contributed by atoms with Gasteiger partial charge in [-0.3, -0.25) is 0 Å². The maximum absolute atomic E-state index is 3.84. The Morgan fingerprint density at radius 1 is 0.604 bits per heavy atom. The Kier molecular flexibility index (Phi) is 9.77. The molecule has 0 saturated carbocycles. The van der Waals surface area contributed by atoms with E-state index in [2.05, 4.69) is 181 Å². The summed E-state index contributed by atoms with van der Waals surface area (Å²) in [7, 11) is 2.02. The van der Waals surface area contributed by atoms with Crippen molar-refractivity contribution in [3.05, 3.63) is 188 Å². The van der Waals surface area contributed by atoms with E-state index < -0.39 is 0 Å². The molecule has 8 rings (SSSR count). The molecule has 1 aliphatic rings. The second-order valence-corrected chi connectivity index (χ2v) is 14.1. The first-order valence-corrected chi connectivity index (χ1v) is 18.9. The third-order valence-electron chi connectivity index (χ3n) is 10.8. The average molecular weight is 687 g/mol. The number of nitrogens with one attached hydrogen (secondary N) is 1. The van der Waals surface area contributed by atoms with Gasteiger partial charge in [-0.2, -0.15) is 0 Å². The van der Waals surface area contributed by atoms with Crippen molar-refractivity contribution in [3.63, 3.8) is 0 Å². The van der Waals surface area contributed by atoms with Gasteiger partial charge in [-0.05, 0) is 118 Å². The van der Waals surface area contributed by atoms with Crippen LogP contribution in [0.15, 0.2) is 176 Å². The average Bonchev–Trinajstić information content (AvgIpc) is 3.23. The van der Waals surface area contributed by atoms with Crippen LogP contribution in [0.2, 0.25) is 0 Å². The highest BCUT2D eigenvalue weighted by Crippen LogP contribution is 2.42. The van der Waals surface area contributed by atoms with E-state index >= 15 is 0 Å². The highest BCUT2D eigenvalue weighted by Gasteiger charge is 2.17. The SMILES string of the molecule is C=C/C=C\C(C)c1ccc(N(c2ccc(C3=CCCCC3)cc2)c2ccc(-c3ccc(-c4ccc5ccccc5c4NC)c4ccccc34)cc2)cc1. The van der Waals surface area contributed by atoms with Crippen LogP contribution in [0.3, 0.4) is 0 Å². The van der Waals surface area contributed by atoms with Gasteiger partial charge in [0.05, 0.1) is 0 Å². The van der Waals surface area contributed by atoms with Crippen LogP contribution in [0.4, 0.5) is 22.7 Å². The third kappa shape index (κ3) is 6.81. The fourth-order valence-corrected chi connectivity index (χ4v) is 8.00. The molecule has 1 atom stereocenters. The summed E-state index contributed by atoms with van der Waals surface area (Å²) in [5.41, 5.74) is 13.5. The Balaban J connectivity index is 1.17. The molecular formula is C51H46N2. The lowest BCUT2D eigenvalue weighted by Crippen LogP contribution is -2.10. The number of fused-ring (bicyclic) bond motifs is 2. The fraction of sp³-hybridized carbons (Fsp3) is 0.137. The highest BCUT2D eigenvalue weighted by atomic mass is 15.1. The Hall–Kier alpha value is -6.12. The number of hydrogen-bond donors (Lipinski definition) is 1. The van der Waals surface area contributed by atoms with Gasteiger partial charge < -0.3 is 10.2 Å². The predicted molar refractivity (Wildman–Crippen MR) is 231 cm³/mol. The molecule has 260 valence electrons. The lowest BCUT2D eigenvalue weighted by Gasteiger charge is -2.26. The van der Waals surface area contributed by atoms with E-state index in [4.69, 9.17) is 0 Å². The summed E-state index contributed by atoms with van der Waals surface area (Å²) in [4.78, 5) is 2.37. The first-order valence-electron chi connectivity index (χ1n) is 18.9. The Morgan fingerprint density at radius 3 is 1.83 bits per heavy atom. The molecule has 0 radical (unpaired) electrons. The van der Waals surface area contributed by atoms with Crippen LogP contribution in [0, 0.1) is 0 Å². The minimum absolute atomic E-state index is 0.310. The van der Waals surface area contributed by atoms with Crippen molar-refractivity contribution in [2.45, 2.75) is 38.5 Å². The van der Waals surface area contributed by atoms with Crippen LogP contribution in [-0.2, 0) is 0 Å². The van der Waals surface area contributed by atoms with Gasteiger partial charge in [0.25, 0.3) is 0 Å². The molecule has 53 heavy (non-hydrogen) atoms. The van der Waals surface area contributed by atoms with Gasteiger partial charge >= 0.3 is 0 Å². The van der Waals surface area contributed by atoms with Gasteiger partial charge in [0.15, 0.2) is 0 Å². The number of nitrogens with zero attached hydrogens (tertiary/aromatic N) is 1. The monoisotopic (exact) mass is 686 g/mol. The van der Waals surface area contributed by atoms with Gasteiger partial charge in [-0.1, -0.05) is 147 Å². The molecule has 1 N–H and O–H groups in total. The van der Waals surface area contributed by atoms with E-state index in [1.807, 2.05) is 19.2 Å². The lowest BCUT2D eigenvalue weighted by atomic mass is 9.90. The zero-order valence-corrected chi connectivity index (χ0v) is 30.7. The van der Waals surface area contributed by atoms with Crippen LogP contribution in [0.1, 0.15) is 49.7 Å². The van der Waals surface area contributed by atoms with Crippen molar-refractivity contribution in [2.24, 2.45) is 0 Å². The minimum Gasteiger partial charge on any atom is -0.387 e.